The maximum Gasteiger partial charge on any atom is 0.256 e. The van der Waals surface area contributed by atoms with Crippen molar-refractivity contribution in [2.75, 3.05) is 6.61 Å². The van der Waals surface area contributed by atoms with Gasteiger partial charge in [-0.2, -0.15) is 5.10 Å². The number of carbonyl (C=O) groups is 1. The summed E-state index contributed by atoms with van der Waals surface area (Å²) in [5.41, 5.74) is 3.30. The molecule has 4 aromatic rings. The van der Waals surface area contributed by atoms with Crippen LogP contribution < -0.4 is 10.1 Å². The van der Waals surface area contributed by atoms with E-state index in [-0.39, 0.29) is 5.91 Å². The van der Waals surface area contributed by atoms with E-state index in [1.54, 1.807) is 6.20 Å². The van der Waals surface area contributed by atoms with E-state index in [9.17, 15) is 4.79 Å². The molecule has 1 fully saturated rings. The van der Waals surface area contributed by atoms with Gasteiger partial charge in [0.05, 0.1) is 41.8 Å². The second kappa shape index (κ2) is 9.45. The molecule has 0 aliphatic heterocycles. The number of rotatable bonds is 7. The highest BCUT2D eigenvalue weighted by Crippen LogP contribution is 2.33. The largest absolute Gasteiger partial charge is 0.493 e. The number of amides is 1. The molecule has 2 aromatic heterocycles. The molecule has 0 spiro atoms. The lowest BCUT2D eigenvalue weighted by molar-refractivity contribution is 0.0948. The minimum atomic E-state index is -0.162. The zero-order valence-electron chi connectivity index (χ0n) is 18.8. The highest BCUT2D eigenvalue weighted by atomic mass is 16.5. The van der Waals surface area contributed by atoms with Gasteiger partial charge in [-0.15, -0.1) is 0 Å². The average molecular weight is 441 g/mol. The number of fused-ring (bicyclic) bond motifs is 1. The van der Waals surface area contributed by atoms with Gasteiger partial charge in [-0.3, -0.25) is 14.5 Å². The molecule has 1 saturated carbocycles. The molecule has 1 aliphatic rings. The standard InChI is InChI=1S/C27H28N4O2/c1-2-33-25-15-14-19-9-3-6-12-22(19)26(25)27(32)29-18-20-17-24(23-13-7-8-16-28-23)31(30-20)21-10-4-5-11-21/h3,6-9,12-17,21H,2,4-5,10-11,18H2,1H3,(H,29,32). The lowest BCUT2D eigenvalue weighted by atomic mass is 10.0. The van der Waals surface area contributed by atoms with Gasteiger partial charge < -0.3 is 10.1 Å². The van der Waals surface area contributed by atoms with Crippen molar-refractivity contribution in [3.05, 3.63) is 78.1 Å². The third-order valence-corrected chi connectivity index (χ3v) is 6.23. The summed E-state index contributed by atoms with van der Waals surface area (Å²) in [6.07, 6.45) is 6.50. The van der Waals surface area contributed by atoms with E-state index in [0.717, 1.165) is 40.7 Å². The van der Waals surface area contributed by atoms with Gasteiger partial charge in [0.15, 0.2) is 0 Å². The molecule has 1 amide bonds. The molecule has 6 nitrogen and oxygen atoms in total. The van der Waals surface area contributed by atoms with Crippen LogP contribution in [0.2, 0.25) is 0 Å². The van der Waals surface area contributed by atoms with Crippen molar-refractivity contribution in [1.82, 2.24) is 20.1 Å². The SMILES string of the molecule is CCOc1ccc2ccccc2c1C(=O)NCc1cc(-c2ccccn2)n(C2CCCC2)n1. The van der Waals surface area contributed by atoms with Crippen LogP contribution in [0.25, 0.3) is 22.2 Å². The van der Waals surface area contributed by atoms with E-state index in [1.165, 1.54) is 12.8 Å². The fourth-order valence-corrected chi connectivity index (χ4v) is 4.68. The van der Waals surface area contributed by atoms with Crippen LogP contribution in [0.3, 0.4) is 0 Å². The molecule has 0 unspecified atom stereocenters. The Kier molecular flexibility index (Phi) is 6.07. The molecule has 2 heterocycles. The van der Waals surface area contributed by atoms with Crippen LogP contribution in [0.1, 0.15) is 54.7 Å². The molecule has 1 aliphatic carbocycles. The number of benzene rings is 2. The van der Waals surface area contributed by atoms with E-state index < -0.39 is 0 Å². The molecule has 0 saturated heterocycles. The zero-order chi connectivity index (χ0) is 22.6. The monoisotopic (exact) mass is 440 g/mol. The Morgan fingerprint density at radius 3 is 2.70 bits per heavy atom. The normalized spacial score (nSPS) is 14.0. The van der Waals surface area contributed by atoms with E-state index in [2.05, 4.69) is 15.0 Å². The molecule has 6 heteroatoms. The van der Waals surface area contributed by atoms with Gasteiger partial charge in [0, 0.05) is 6.20 Å². The summed E-state index contributed by atoms with van der Waals surface area (Å²) in [7, 11) is 0. The Balaban J connectivity index is 1.43. The van der Waals surface area contributed by atoms with Crippen molar-refractivity contribution < 1.29 is 9.53 Å². The van der Waals surface area contributed by atoms with Gasteiger partial charge in [-0.1, -0.05) is 49.2 Å². The summed E-state index contributed by atoms with van der Waals surface area (Å²) in [6.45, 7) is 2.76. The Hall–Kier alpha value is -3.67. The van der Waals surface area contributed by atoms with Gasteiger partial charge in [0.1, 0.15) is 5.75 Å². The quantitative estimate of drug-likeness (QED) is 0.410. The van der Waals surface area contributed by atoms with Gasteiger partial charge in [0.2, 0.25) is 0 Å². The number of hydrogen-bond donors (Lipinski definition) is 1. The smallest absolute Gasteiger partial charge is 0.256 e. The Bertz CT molecular complexity index is 1260. The number of hydrogen-bond acceptors (Lipinski definition) is 4. The summed E-state index contributed by atoms with van der Waals surface area (Å²) in [5, 5.41) is 9.85. The number of pyridine rings is 1. The lowest BCUT2D eigenvalue weighted by Gasteiger charge is -2.14. The summed E-state index contributed by atoms with van der Waals surface area (Å²) >= 11 is 0. The molecular formula is C27H28N4O2. The first-order chi connectivity index (χ1) is 16.2. The molecule has 0 bridgehead atoms. The van der Waals surface area contributed by atoms with Crippen molar-refractivity contribution >= 4 is 16.7 Å². The third kappa shape index (κ3) is 4.33. The first-order valence-electron chi connectivity index (χ1n) is 11.7. The number of aromatic nitrogens is 3. The van der Waals surface area contributed by atoms with Crippen LogP contribution in [0.4, 0.5) is 0 Å². The zero-order valence-corrected chi connectivity index (χ0v) is 18.8. The van der Waals surface area contributed by atoms with E-state index in [0.29, 0.717) is 30.5 Å². The van der Waals surface area contributed by atoms with Crippen LogP contribution in [0, 0.1) is 0 Å². The second-order valence-corrected chi connectivity index (χ2v) is 8.39. The molecule has 33 heavy (non-hydrogen) atoms. The van der Waals surface area contributed by atoms with Gasteiger partial charge >= 0.3 is 0 Å². The van der Waals surface area contributed by atoms with Crippen LogP contribution in [-0.4, -0.2) is 27.3 Å². The Labute approximate surface area is 193 Å². The molecule has 0 radical (unpaired) electrons. The Morgan fingerprint density at radius 2 is 1.91 bits per heavy atom. The fourth-order valence-electron chi connectivity index (χ4n) is 4.68. The van der Waals surface area contributed by atoms with Crippen molar-refractivity contribution in [2.24, 2.45) is 0 Å². The predicted molar refractivity (Wildman–Crippen MR) is 129 cm³/mol. The van der Waals surface area contributed by atoms with E-state index in [4.69, 9.17) is 9.84 Å². The van der Waals surface area contributed by atoms with Gasteiger partial charge in [-0.25, -0.2) is 0 Å². The number of carbonyl (C=O) groups excluding carboxylic acids is 1. The fraction of sp³-hybridized carbons (Fsp3) is 0.296. The van der Waals surface area contributed by atoms with Crippen molar-refractivity contribution in [3.63, 3.8) is 0 Å². The van der Waals surface area contributed by atoms with Crippen molar-refractivity contribution in [1.29, 1.82) is 0 Å². The molecule has 1 N–H and O–H groups in total. The maximum atomic E-state index is 13.3. The molecule has 0 atom stereocenters. The molecule has 2 aromatic carbocycles. The topological polar surface area (TPSA) is 69.0 Å². The van der Waals surface area contributed by atoms with E-state index >= 15 is 0 Å². The highest BCUT2D eigenvalue weighted by Gasteiger charge is 2.23. The van der Waals surface area contributed by atoms with E-state index in [1.807, 2.05) is 67.6 Å². The van der Waals surface area contributed by atoms with Crippen LogP contribution in [0.15, 0.2) is 66.9 Å². The highest BCUT2D eigenvalue weighted by molar-refractivity contribution is 6.09. The first kappa shape index (κ1) is 21.2. The summed E-state index contributed by atoms with van der Waals surface area (Å²) < 4.78 is 7.89. The molecular weight excluding hydrogens is 412 g/mol. The minimum absolute atomic E-state index is 0.162. The first-order valence-corrected chi connectivity index (χ1v) is 11.7. The molecule has 5 rings (SSSR count). The van der Waals surface area contributed by atoms with Crippen LogP contribution in [-0.2, 0) is 6.54 Å². The van der Waals surface area contributed by atoms with Crippen LogP contribution in [0.5, 0.6) is 5.75 Å². The maximum absolute atomic E-state index is 13.3. The second-order valence-electron chi connectivity index (χ2n) is 8.39. The summed E-state index contributed by atoms with van der Waals surface area (Å²) in [6, 6.07) is 20.1. The number of ether oxygens (including phenoxy) is 1. The van der Waals surface area contributed by atoms with Gasteiger partial charge in [-0.05, 0) is 54.8 Å². The number of nitrogens with one attached hydrogen (secondary N) is 1. The van der Waals surface area contributed by atoms with Crippen molar-refractivity contribution in [2.45, 2.75) is 45.2 Å². The predicted octanol–water partition coefficient (Wildman–Crippen LogP) is 5.54. The summed E-state index contributed by atoms with van der Waals surface area (Å²) in [4.78, 5) is 17.8. The minimum Gasteiger partial charge on any atom is -0.493 e. The summed E-state index contributed by atoms with van der Waals surface area (Å²) in [5.74, 6) is 0.435. The third-order valence-electron chi connectivity index (χ3n) is 6.23. The Morgan fingerprint density at radius 1 is 1.09 bits per heavy atom. The lowest BCUT2D eigenvalue weighted by Crippen LogP contribution is -2.24. The number of nitrogens with zero attached hydrogens (tertiary/aromatic N) is 3. The average Bonchev–Trinajstić information content (AvgIpc) is 3.53. The van der Waals surface area contributed by atoms with Crippen LogP contribution >= 0.6 is 0 Å². The molecule has 168 valence electrons. The van der Waals surface area contributed by atoms with Gasteiger partial charge in [0.25, 0.3) is 5.91 Å². The van der Waals surface area contributed by atoms with Crippen molar-refractivity contribution in [3.8, 4) is 17.1 Å².